The molecule has 0 aliphatic carbocycles. The molecule has 6 heteroatoms. The SMILES string of the molecule is Cn1ccc(-c2ccc(Cc3cc(C(=O)O)nc4ccoc34)cc2)n1. The first-order chi connectivity index (χ1) is 12.1. The van der Waals surface area contributed by atoms with Crippen LogP contribution in [0, 0.1) is 0 Å². The van der Waals surface area contributed by atoms with Gasteiger partial charge in [-0.25, -0.2) is 9.78 Å². The van der Waals surface area contributed by atoms with Gasteiger partial charge in [0, 0.05) is 36.9 Å². The molecule has 4 aromatic rings. The maximum absolute atomic E-state index is 11.3. The van der Waals surface area contributed by atoms with Crippen molar-refractivity contribution in [1.29, 1.82) is 0 Å². The minimum absolute atomic E-state index is 0.0222. The third-order valence-electron chi connectivity index (χ3n) is 4.06. The number of furan rings is 1. The Bertz CT molecular complexity index is 1060. The molecule has 0 fully saturated rings. The summed E-state index contributed by atoms with van der Waals surface area (Å²) >= 11 is 0. The van der Waals surface area contributed by atoms with Crippen molar-refractivity contribution in [3.8, 4) is 11.3 Å². The van der Waals surface area contributed by atoms with Crippen molar-refractivity contribution in [3.63, 3.8) is 0 Å². The largest absolute Gasteiger partial charge is 0.477 e. The number of fused-ring (bicyclic) bond motifs is 1. The molecule has 0 aliphatic rings. The normalized spacial score (nSPS) is 11.1. The van der Waals surface area contributed by atoms with Crippen LogP contribution in [0.4, 0.5) is 0 Å². The summed E-state index contributed by atoms with van der Waals surface area (Å²) in [5, 5.41) is 13.6. The van der Waals surface area contributed by atoms with Crippen LogP contribution in [0.2, 0.25) is 0 Å². The van der Waals surface area contributed by atoms with Crippen LogP contribution in [0.3, 0.4) is 0 Å². The summed E-state index contributed by atoms with van der Waals surface area (Å²) in [5.41, 5.74) is 5.01. The maximum Gasteiger partial charge on any atom is 0.354 e. The van der Waals surface area contributed by atoms with Crippen LogP contribution >= 0.6 is 0 Å². The zero-order chi connectivity index (χ0) is 17.4. The lowest BCUT2D eigenvalue weighted by atomic mass is 10.0. The second-order valence-electron chi connectivity index (χ2n) is 5.86. The van der Waals surface area contributed by atoms with Crippen LogP contribution in [-0.4, -0.2) is 25.8 Å². The van der Waals surface area contributed by atoms with Crippen molar-refractivity contribution in [1.82, 2.24) is 14.8 Å². The molecule has 0 bridgehead atoms. The number of carbonyl (C=O) groups is 1. The fraction of sp³-hybridized carbons (Fsp3) is 0.105. The number of aromatic nitrogens is 3. The minimum atomic E-state index is -1.05. The van der Waals surface area contributed by atoms with Gasteiger partial charge in [0.25, 0.3) is 0 Å². The third-order valence-corrected chi connectivity index (χ3v) is 4.06. The van der Waals surface area contributed by atoms with Gasteiger partial charge in [-0.15, -0.1) is 0 Å². The molecule has 0 unspecified atom stereocenters. The summed E-state index contributed by atoms with van der Waals surface area (Å²) in [6, 6.07) is 13.3. The van der Waals surface area contributed by atoms with Gasteiger partial charge in [-0.3, -0.25) is 4.68 Å². The molecule has 1 aromatic carbocycles. The minimum Gasteiger partial charge on any atom is -0.477 e. The van der Waals surface area contributed by atoms with E-state index in [0.717, 1.165) is 22.4 Å². The average molecular weight is 333 g/mol. The van der Waals surface area contributed by atoms with E-state index in [1.54, 1.807) is 16.8 Å². The van der Waals surface area contributed by atoms with Crippen molar-refractivity contribution in [2.24, 2.45) is 7.05 Å². The van der Waals surface area contributed by atoms with Crippen LogP contribution in [-0.2, 0) is 13.5 Å². The summed E-state index contributed by atoms with van der Waals surface area (Å²) in [7, 11) is 1.88. The molecule has 0 saturated heterocycles. The van der Waals surface area contributed by atoms with E-state index < -0.39 is 5.97 Å². The molecule has 0 aliphatic heterocycles. The Morgan fingerprint density at radius 2 is 2.00 bits per heavy atom. The average Bonchev–Trinajstić information content (AvgIpc) is 3.24. The molecule has 3 aromatic heterocycles. The second-order valence-corrected chi connectivity index (χ2v) is 5.86. The molecule has 1 N–H and O–H groups in total. The quantitative estimate of drug-likeness (QED) is 0.618. The lowest BCUT2D eigenvalue weighted by Gasteiger charge is -2.05. The molecule has 0 atom stereocenters. The Morgan fingerprint density at radius 3 is 2.68 bits per heavy atom. The fourth-order valence-corrected chi connectivity index (χ4v) is 2.85. The van der Waals surface area contributed by atoms with E-state index in [1.165, 1.54) is 6.26 Å². The van der Waals surface area contributed by atoms with Crippen LogP contribution in [0.25, 0.3) is 22.4 Å². The van der Waals surface area contributed by atoms with Gasteiger partial charge in [0.2, 0.25) is 0 Å². The lowest BCUT2D eigenvalue weighted by molar-refractivity contribution is 0.0691. The first-order valence-electron chi connectivity index (χ1n) is 7.79. The van der Waals surface area contributed by atoms with Gasteiger partial charge in [0.15, 0.2) is 5.58 Å². The van der Waals surface area contributed by atoms with E-state index in [4.69, 9.17) is 4.42 Å². The molecule has 6 nitrogen and oxygen atoms in total. The van der Waals surface area contributed by atoms with Gasteiger partial charge in [-0.1, -0.05) is 24.3 Å². The molecule has 0 spiro atoms. The van der Waals surface area contributed by atoms with Gasteiger partial charge in [-0.2, -0.15) is 5.10 Å². The van der Waals surface area contributed by atoms with Crippen molar-refractivity contribution in [2.45, 2.75) is 6.42 Å². The van der Waals surface area contributed by atoms with E-state index in [0.29, 0.717) is 17.5 Å². The van der Waals surface area contributed by atoms with Crippen LogP contribution < -0.4 is 0 Å². The molecular formula is C19H15N3O3. The maximum atomic E-state index is 11.3. The van der Waals surface area contributed by atoms with Gasteiger partial charge < -0.3 is 9.52 Å². The lowest BCUT2D eigenvalue weighted by Crippen LogP contribution is -2.02. The Balaban J connectivity index is 1.67. The predicted octanol–water partition coefficient (Wildman–Crippen LogP) is 3.52. The molecule has 0 radical (unpaired) electrons. The van der Waals surface area contributed by atoms with E-state index in [1.807, 2.05) is 43.6 Å². The highest BCUT2D eigenvalue weighted by molar-refractivity contribution is 5.89. The van der Waals surface area contributed by atoms with Crippen LogP contribution in [0.5, 0.6) is 0 Å². The third kappa shape index (κ3) is 2.89. The number of hydrogen-bond acceptors (Lipinski definition) is 4. The Hall–Kier alpha value is -3.41. The van der Waals surface area contributed by atoms with Gasteiger partial charge in [0.05, 0.1) is 12.0 Å². The Labute approximate surface area is 143 Å². The summed E-state index contributed by atoms with van der Waals surface area (Å²) in [4.78, 5) is 15.4. The van der Waals surface area contributed by atoms with Gasteiger partial charge in [-0.05, 0) is 17.7 Å². The van der Waals surface area contributed by atoms with E-state index in [2.05, 4.69) is 10.1 Å². The highest BCUT2D eigenvalue weighted by Gasteiger charge is 2.13. The standard InChI is InChI=1S/C19H15N3O3/c1-22-8-6-15(21-22)13-4-2-12(3-5-13)10-14-11-17(19(23)24)20-16-7-9-25-18(14)16/h2-9,11H,10H2,1H3,(H,23,24). The smallest absolute Gasteiger partial charge is 0.354 e. The van der Waals surface area contributed by atoms with Crippen molar-refractivity contribution >= 4 is 17.1 Å². The fourth-order valence-electron chi connectivity index (χ4n) is 2.85. The van der Waals surface area contributed by atoms with E-state index >= 15 is 0 Å². The van der Waals surface area contributed by atoms with Crippen molar-refractivity contribution in [2.75, 3.05) is 0 Å². The van der Waals surface area contributed by atoms with E-state index in [-0.39, 0.29) is 5.69 Å². The monoisotopic (exact) mass is 333 g/mol. The van der Waals surface area contributed by atoms with Crippen LogP contribution in [0.15, 0.2) is 59.3 Å². The molecule has 124 valence electrons. The Kier molecular flexibility index (Phi) is 3.57. The van der Waals surface area contributed by atoms with Crippen molar-refractivity contribution < 1.29 is 14.3 Å². The number of aryl methyl sites for hydroxylation is 1. The van der Waals surface area contributed by atoms with Gasteiger partial charge in [0.1, 0.15) is 11.2 Å². The summed E-state index contributed by atoms with van der Waals surface area (Å²) in [6.45, 7) is 0. The van der Waals surface area contributed by atoms with Crippen LogP contribution in [0.1, 0.15) is 21.6 Å². The summed E-state index contributed by atoms with van der Waals surface area (Å²) < 4.78 is 7.25. The number of aromatic carboxylic acids is 1. The molecule has 4 rings (SSSR count). The summed E-state index contributed by atoms with van der Waals surface area (Å²) in [6.07, 6.45) is 3.99. The molecule has 0 saturated carbocycles. The van der Waals surface area contributed by atoms with Gasteiger partial charge >= 0.3 is 5.97 Å². The number of nitrogens with zero attached hydrogens (tertiary/aromatic N) is 3. The second kappa shape index (κ2) is 5.90. The number of carboxylic acids is 1. The highest BCUT2D eigenvalue weighted by Crippen LogP contribution is 2.24. The summed E-state index contributed by atoms with van der Waals surface area (Å²) in [5.74, 6) is -1.05. The molecule has 3 heterocycles. The number of carboxylic acid groups (broad SMARTS) is 1. The zero-order valence-electron chi connectivity index (χ0n) is 13.5. The zero-order valence-corrected chi connectivity index (χ0v) is 13.5. The number of pyridine rings is 1. The van der Waals surface area contributed by atoms with Crippen molar-refractivity contribution in [3.05, 3.63) is 71.7 Å². The predicted molar refractivity (Wildman–Crippen MR) is 92.4 cm³/mol. The first kappa shape index (κ1) is 15.1. The molecular weight excluding hydrogens is 318 g/mol. The Morgan fingerprint density at radius 1 is 1.20 bits per heavy atom. The highest BCUT2D eigenvalue weighted by atomic mass is 16.4. The van der Waals surface area contributed by atoms with E-state index in [9.17, 15) is 9.90 Å². The number of hydrogen-bond donors (Lipinski definition) is 1. The molecule has 0 amide bonds. The topological polar surface area (TPSA) is 81.2 Å². The molecule has 25 heavy (non-hydrogen) atoms. The first-order valence-corrected chi connectivity index (χ1v) is 7.79. The number of rotatable bonds is 4. The number of benzene rings is 1.